The monoisotopic (exact) mass is 301 g/mol. The molecule has 1 aromatic carbocycles. The van der Waals surface area contributed by atoms with Crippen molar-refractivity contribution in [3.05, 3.63) is 46.7 Å². The lowest BCUT2D eigenvalue weighted by Crippen LogP contribution is -2.29. The number of hydroxylamine groups is 1. The summed E-state index contributed by atoms with van der Waals surface area (Å²) in [5.74, 6) is -0.202. The molecule has 118 valence electrons. The Morgan fingerprint density at radius 3 is 2.23 bits per heavy atom. The zero-order chi connectivity index (χ0) is 16.1. The number of hydrogen-bond acceptors (Lipinski definition) is 4. The van der Waals surface area contributed by atoms with Gasteiger partial charge >= 0.3 is 0 Å². The van der Waals surface area contributed by atoms with Crippen molar-refractivity contribution in [2.24, 2.45) is 0 Å². The van der Waals surface area contributed by atoms with Crippen LogP contribution >= 0.6 is 0 Å². The third kappa shape index (κ3) is 3.63. The highest BCUT2D eigenvalue weighted by molar-refractivity contribution is 6.22. The number of ketones is 2. The third-order valence-corrected chi connectivity index (χ3v) is 3.97. The number of rotatable bonds is 5. The average Bonchev–Trinajstić information content (AvgIpc) is 2.50. The van der Waals surface area contributed by atoms with Crippen molar-refractivity contribution in [1.29, 1.82) is 0 Å². The van der Waals surface area contributed by atoms with E-state index in [0.29, 0.717) is 37.1 Å². The molecule has 0 aliphatic heterocycles. The van der Waals surface area contributed by atoms with Crippen molar-refractivity contribution in [2.45, 2.75) is 46.0 Å². The lowest BCUT2D eigenvalue weighted by Gasteiger charge is -2.24. The Kier molecular flexibility index (Phi) is 5.50. The molecule has 22 heavy (non-hydrogen) atoms. The SMILES string of the molecule is CCONC(CC)=C1C(=O)CC(c2ccc(C)cc2)CC1=O. The summed E-state index contributed by atoms with van der Waals surface area (Å²) in [4.78, 5) is 30.0. The minimum Gasteiger partial charge on any atom is -0.294 e. The molecule has 2 rings (SSSR count). The summed E-state index contributed by atoms with van der Waals surface area (Å²) in [6.45, 7) is 6.25. The Hall–Kier alpha value is -1.94. The van der Waals surface area contributed by atoms with Gasteiger partial charge in [0.25, 0.3) is 0 Å². The molecular formula is C18H23NO3. The largest absolute Gasteiger partial charge is 0.294 e. The van der Waals surface area contributed by atoms with Crippen LogP contribution in [-0.2, 0) is 14.4 Å². The molecule has 1 aliphatic rings. The van der Waals surface area contributed by atoms with Crippen LogP contribution in [0.5, 0.6) is 0 Å². The van der Waals surface area contributed by atoms with Crippen LogP contribution in [-0.4, -0.2) is 18.2 Å². The number of nitrogens with one attached hydrogen (secondary N) is 1. The van der Waals surface area contributed by atoms with Crippen molar-refractivity contribution < 1.29 is 14.4 Å². The van der Waals surface area contributed by atoms with Crippen LogP contribution in [0.1, 0.15) is 50.2 Å². The van der Waals surface area contributed by atoms with Gasteiger partial charge in [-0.3, -0.25) is 19.9 Å². The fraction of sp³-hybridized carbons (Fsp3) is 0.444. The molecule has 4 nitrogen and oxygen atoms in total. The van der Waals surface area contributed by atoms with E-state index >= 15 is 0 Å². The van der Waals surface area contributed by atoms with Gasteiger partial charge in [-0.2, -0.15) is 0 Å². The number of aryl methyl sites for hydroxylation is 1. The third-order valence-electron chi connectivity index (χ3n) is 3.97. The predicted molar refractivity (Wildman–Crippen MR) is 85.2 cm³/mol. The van der Waals surface area contributed by atoms with E-state index in [2.05, 4.69) is 5.48 Å². The number of benzene rings is 1. The first-order valence-corrected chi connectivity index (χ1v) is 7.80. The van der Waals surface area contributed by atoms with Gasteiger partial charge in [-0.1, -0.05) is 36.8 Å². The smallest absolute Gasteiger partial charge is 0.168 e. The summed E-state index contributed by atoms with van der Waals surface area (Å²) in [6.07, 6.45) is 1.32. The standard InChI is InChI=1S/C18H23NO3/c1-4-15(19-22-5-2)18-16(20)10-14(11-17(18)21)13-8-6-12(3)7-9-13/h6-9,14,19H,4-5,10-11H2,1-3H3. The number of Topliss-reactive ketones (excluding diaryl/α,β-unsaturated/α-hetero) is 2. The summed E-state index contributed by atoms with van der Waals surface area (Å²) in [5, 5.41) is 0. The maximum Gasteiger partial charge on any atom is 0.168 e. The second-order valence-electron chi connectivity index (χ2n) is 5.60. The highest BCUT2D eigenvalue weighted by atomic mass is 16.6. The molecule has 0 spiro atoms. The molecule has 0 amide bonds. The topological polar surface area (TPSA) is 55.4 Å². The molecule has 0 heterocycles. The first-order valence-electron chi connectivity index (χ1n) is 7.80. The van der Waals surface area contributed by atoms with E-state index in [-0.39, 0.29) is 17.5 Å². The summed E-state index contributed by atoms with van der Waals surface area (Å²) in [5.41, 5.74) is 5.87. The molecule has 1 aliphatic carbocycles. The van der Waals surface area contributed by atoms with Gasteiger partial charge in [0.05, 0.1) is 17.9 Å². The van der Waals surface area contributed by atoms with Crippen LogP contribution in [0.4, 0.5) is 0 Å². The van der Waals surface area contributed by atoms with Gasteiger partial charge in [-0.25, -0.2) is 0 Å². The lowest BCUT2D eigenvalue weighted by molar-refractivity contribution is -0.124. The van der Waals surface area contributed by atoms with E-state index in [4.69, 9.17) is 4.84 Å². The zero-order valence-corrected chi connectivity index (χ0v) is 13.4. The van der Waals surface area contributed by atoms with Crippen LogP contribution in [0.3, 0.4) is 0 Å². The Balaban J connectivity index is 2.21. The van der Waals surface area contributed by atoms with Gasteiger partial charge in [-0.05, 0) is 31.7 Å². The highest BCUT2D eigenvalue weighted by Crippen LogP contribution is 2.32. The second-order valence-corrected chi connectivity index (χ2v) is 5.60. The van der Waals surface area contributed by atoms with E-state index < -0.39 is 0 Å². The molecule has 0 atom stereocenters. The predicted octanol–water partition coefficient (Wildman–Crippen LogP) is 3.22. The van der Waals surface area contributed by atoms with Crippen LogP contribution in [0.2, 0.25) is 0 Å². The van der Waals surface area contributed by atoms with Gasteiger partial charge in [0.2, 0.25) is 0 Å². The minimum atomic E-state index is -0.0918. The summed E-state index contributed by atoms with van der Waals surface area (Å²) in [6, 6.07) is 8.05. The van der Waals surface area contributed by atoms with Crippen LogP contribution < -0.4 is 5.48 Å². The van der Waals surface area contributed by atoms with Crippen LogP contribution in [0.15, 0.2) is 35.5 Å². The Labute approximate surface area is 131 Å². The normalized spacial score (nSPS) is 18.5. The Morgan fingerprint density at radius 2 is 1.73 bits per heavy atom. The molecule has 1 aromatic rings. The molecule has 4 heteroatoms. The average molecular weight is 301 g/mol. The molecule has 0 aromatic heterocycles. The summed E-state index contributed by atoms with van der Waals surface area (Å²) in [7, 11) is 0. The van der Waals surface area contributed by atoms with Crippen LogP contribution in [0, 0.1) is 6.92 Å². The van der Waals surface area contributed by atoms with Crippen molar-refractivity contribution in [3.8, 4) is 0 Å². The lowest BCUT2D eigenvalue weighted by atomic mass is 9.79. The van der Waals surface area contributed by atoms with Gasteiger partial charge in [0, 0.05) is 12.8 Å². The number of carbonyl (C=O) groups is 2. The van der Waals surface area contributed by atoms with Crippen molar-refractivity contribution in [1.82, 2.24) is 5.48 Å². The van der Waals surface area contributed by atoms with E-state index in [9.17, 15) is 9.59 Å². The summed E-state index contributed by atoms with van der Waals surface area (Å²) >= 11 is 0. The Bertz CT molecular complexity index is 567. The maximum atomic E-state index is 12.4. The van der Waals surface area contributed by atoms with Crippen molar-refractivity contribution in [3.63, 3.8) is 0 Å². The summed E-state index contributed by atoms with van der Waals surface area (Å²) < 4.78 is 0. The zero-order valence-electron chi connectivity index (χ0n) is 13.4. The molecule has 1 N–H and O–H groups in total. The van der Waals surface area contributed by atoms with E-state index in [1.807, 2.05) is 45.0 Å². The van der Waals surface area contributed by atoms with E-state index in [0.717, 1.165) is 5.56 Å². The van der Waals surface area contributed by atoms with Gasteiger partial charge in [0.1, 0.15) is 0 Å². The molecule has 0 unspecified atom stereocenters. The second kappa shape index (κ2) is 7.36. The molecule has 0 bridgehead atoms. The fourth-order valence-corrected chi connectivity index (χ4v) is 2.75. The number of allylic oxidation sites excluding steroid dienone is 2. The fourth-order valence-electron chi connectivity index (χ4n) is 2.75. The van der Waals surface area contributed by atoms with Crippen molar-refractivity contribution in [2.75, 3.05) is 6.61 Å². The van der Waals surface area contributed by atoms with Gasteiger partial charge in [0.15, 0.2) is 11.6 Å². The molecule has 1 fully saturated rings. The van der Waals surface area contributed by atoms with E-state index in [1.54, 1.807) is 0 Å². The van der Waals surface area contributed by atoms with Gasteiger partial charge < -0.3 is 0 Å². The highest BCUT2D eigenvalue weighted by Gasteiger charge is 2.33. The van der Waals surface area contributed by atoms with Crippen LogP contribution in [0.25, 0.3) is 0 Å². The minimum absolute atomic E-state index is 0.0189. The first-order chi connectivity index (χ1) is 10.6. The number of carbonyl (C=O) groups excluding carboxylic acids is 2. The number of hydrogen-bond donors (Lipinski definition) is 1. The molecule has 1 saturated carbocycles. The maximum absolute atomic E-state index is 12.4. The van der Waals surface area contributed by atoms with Gasteiger partial charge in [-0.15, -0.1) is 0 Å². The van der Waals surface area contributed by atoms with E-state index in [1.165, 1.54) is 5.56 Å². The Morgan fingerprint density at radius 1 is 1.14 bits per heavy atom. The quantitative estimate of drug-likeness (QED) is 0.515. The molecule has 0 saturated heterocycles. The van der Waals surface area contributed by atoms with Crippen molar-refractivity contribution >= 4 is 11.6 Å². The first kappa shape index (κ1) is 16.4. The molecule has 0 radical (unpaired) electrons. The molecular weight excluding hydrogens is 278 g/mol.